The van der Waals surface area contributed by atoms with E-state index in [1.807, 2.05) is 0 Å². The number of fused-ring (bicyclic) bond motifs is 1. The van der Waals surface area contributed by atoms with Gasteiger partial charge in [0.2, 0.25) is 0 Å². The van der Waals surface area contributed by atoms with Gasteiger partial charge in [-0.05, 0) is 12.1 Å². The molecule has 3 rings (SSSR count). The number of sulfone groups is 1. The second-order valence-corrected chi connectivity index (χ2v) is 7.83. The number of aromatic nitrogens is 3. The Bertz CT molecular complexity index is 1200. The summed E-state index contributed by atoms with van der Waals surface area (Å²) < 4.78 is 63.9. The van der Waals surface area contributed by atoms with Crippen molar-refractivity contribution in [3.63, 3.8) is 0 Å². The topological polar surface area (TPSA) is 102 Å². The van der Waals surface area contributed by atoms with Gasteiger partial charge in [-0.15, -0.1) is 0 Å². The molecule has 2 aromatic heterocycles. The number of hydrogen-bond donors (Lipinski definition) is 1. The Morgan fingerprint density at radius 3 is 2.52 bits per heavy atom. The Morgan fingerprint density at radius 1 is 1.19 bits per heavy atom. The number of halogens is 3. The molecular formula is C16H12F3N3O4S. The number of nitrogens with zero attached hydrogens (tertiary/aromatic N) is 3. The van der Waals surface area contributed by atoms with E-state index in [9.17, 15) is 31.5 Å². The molecule has 0 bridgehead atoms. The zero-order valence-corrected chi connectivity index (χ0v) is 14.5. The number of hydrogen-bond acceptors (Lipinski definition) is 6. The van der Waals surface area contributed by atoms with Crippen molar-refractivity contribution in [3.05, 3.63) is 52.6 Å². The van der Waals surface area contributed by atoms with Crippen LogP contribution in [0.1, 0.15) is 12.5 Å². The van der Waals surface area contributed by atoms with E-state index < -0.39 is 43.6 Å². The largest absolute Gasteiger partial charge is 0.506 e. The summed E-state index contributed by atoms with van der Waals surface area (Å²) in [5.74, 6) is -1.19. The minimum absolute atomic E-state index is 0.155. The van der Waals surface area contributed by atoms with Crippen LogP contribution in [-0.4, -0.2) is 34.0 Å². The van der Waals surface area contributed by atoms with E-state index in [4.69, 9.17) is 0 Å². The Kier molecular flexibility index (Phi) is 4.42. The second kappa shape index (κ2) is 6.34. The molecule has 1 N–H and O–H groups in total. The molecule has 7 nitrogen and oxygen atoms in total. The lowest BCUT2D eigenvalue weighted by molar-refractivity contribution is -0.137. The molecule has 0 spiro atoms. The molecule has 0 aliphatic heterocycles. The third kappa shape index (κ3) is 3.37. The van der Waals surface area contributed by atoms with E-state index in [1.165, 1.54) is 6.92 Å². The molecule has 0 radical (unpaired) electrons. The monoisotopic (exact) mass is 399 g/mol. The first-order chi connectivity index (χ1) is 12.5. The van der Waals surface area contributed by atoms with Crippen LogP contribution in [0.15, 0.2) is 46.3 Å². The molecule has 1 aromatic carbocycles. The van der Waals surface area contributed by atoms with E-state index in [1.54, 1.807) is 0 Å². The average Bonchev–Trinajstić information content (AvgIpc) is 2.61. The van der Waals surface area contributed by atoms with Crippen LogP contribution in [-0.2, 0) is 16.0 Å². The van der Waals surface area contributed by atoms with Gasteiger partial charge in [0, 0.05) is 11.5 Å². The fourth-order valence-electron chi connectivity index (χ4n) is 2.44. The average molecular weight is 399 g/mol. The van der Waals surface area contributed by atoms with Crippen molar-refractivity contribution in [1.82, 2.24) is 14.8 Å². The van der Waals surface area contributed by atoms with Gasteiger partial charge in [0.25, 0.3) is 5.56 Å². The lowest BCUT2D eigenvalue weighted by atomic mass is 10.1. The Morgan fingerprint density at radius 2 is 1.89 bits per heavy atom. The Labute approximate surface area is 150 Å². The Hall–Kier alpha value is -2.95. The van der Waals surface area contributed by atoms with Gasteiger partial charge in [-0.1, -0.05) is 13.0 Å². The maximum Gasteiger partial charge on any atom is 0.416 e. The lowest BCUT2D eigenvalue weighted by Gasteiger charge is -2.12. The van der Waals surface area contributed by atoms with Crippen LogP contribution in [0.3, 0.4) is 0 Å². The highest BCUT2D eigenvalue weighted by molar-refractivity contribution is 7.91. The van der Waals surface area contributed by atoms with Crippen molar-refractivity contribution in [2.45, 2.75) is 18.0 Å². The number of aromatic hydroxyl groups is 1. The summed E-state index contributed by atoms with van der Waals surface area (Å²) in [5.41, 5.74) is -1.99. The summed E-state index contributed by atoms with van der Waals surface area (Å²) in [4.78, 5) is 16.0. The molecule has 142 valence electrons. The highest BCUT2D eigenvalue weighted by atomic mass is 32.2. The summed E-state index contributed by atoms with van der Waals surface area (Å²) in [6.07, 6.45) is -2.61. The van der Waals surface area contributed by atoms with Gasteiger partial charge < -0.3 is 5.11 Å². The third-order valence-electron chi connectivity index (χ3n) is 3.85. The minimum atomic E-state index is -4.65. The van der Waals surface area contributed by atoms with Crippen LogP contribution in [0.4, 0.5) is 13.2 Å². The zero-order valence-electron chi connectivity index (χ0n) is 13.7. The van der Waals surface area contributed by atoms with Crippen LogP contribution in [0.5, 0.6) is 5.75 Å². The smallest absolute Gasteiger partial charge is 0.416 e. The van der Waals surface area contributed by atoms with E-state index in [-0.39, 0.29) is 16.5 Å². The fourth-order valence-corrected chi connectivity index (χ4v) is 3.47. The SMILES string of the molecule is CCS(=O)(=O)c1cc(O)cnc1-n1ncc2ccc(C(F)(F)F)cc2c1=O. The van der Waals surface area contributed by atoms with Crippen LogP contribution < -0.4 is 5.56 Å². The molecule has 11 heteroatoms. The molecule has 27 heavy (non-hydrogen) atoms. The van der Waals surface area contributed by atoms with Gasteiger partial charge in [0.05, 0.1) is 29.1 Å². The van der Waals surface area contributed by atoms with Crippen LogP contribution in [0, 0.1) is 0 Å². The van der Waals surface area contributed by atoms with E-state index in [0.717, 1.165) is 30.6 Å². The standard InChI is InChI=1S/C16H12F3N3O4S/c1-2-27(25,26)13-6-11(23)8-20-14(13)22-15(24)12-5-10(16(17,18)19)4-3-9(12)7-21-22/h3-8,23H,2H2,1H3. The van der Waals surface area contributed by atoms with Gasteiger partial charge in [0.15, 0.2) is 15.7 Å². The van der Waals surface area contributed by atoms with Crippen molar-refractivity contribution in [2.24, 2.45) is 0 Å². The molecule has 0 atom stereocenters. The van der Waals surface area contributed by atoms with Crippen molar-refractivity contribution in [3.8, 4) is 11.6 Å². The van der Waals surface area contributed by atoms with E-state index in [2.05, 4.69) is 10.1 Å². The van der Waals surface area contributed by atoms with Crippen LogP contribution >= 0.6 is 0 Å². The maximum absolute atomic E-state index is 12.9. The first-order valence-corrected chi connectivity index (χ1v) is 9.21. The number of rotatable bonds is 3. The molecule has 0 saturated carbocycles. The molecule has 0 amide bonds. The van der Waals surface area contributed by atoms with Crippen molar-refractivity contribution >= 4 is 20.6 Å². The summed E-state index contributed by atoms with van der Waals surface area (Å²) in [6.45, 7) is 1.36. The van der Waals surface area contributed by atoms with Gasteiger partial charge in [-0.25, -0.2) is 13.4 Å². The molecular weight excluding hydrogens is 387 g/mol. The maximum atomic E-state index is 12.9. The third-order valence-corrected chi connectivity index (χ3v) is 5.58. The second-order valence-electron chi connectivity index (χ2n) is 5.58. The highest BCUT2D eigenvalue weighted by Gasteiger charge is 2.31. The Balaban J connectivity index is 2.34. The molecule has 2 heterocycles. The normalized spacial score (nSPS) is 12.4. The van der Waals surface area contributed by atoms with Gasteiger partial charge in [0.1, 0.15) is 10.6 Å². The number of benzene rings is 1. The quantitative estimate of drug-likeness (QED) is 0.725. The lowest BCUT2D eigenvalue weighted by Crippen LogP contribution is -2.24. The molecule has 3 aromatic rings. The first-order valence-electron chi connectivity index (χ1n) is 7.56. The number of pyridine rings is 1. The predicted molar refractivity (Wildman–Crippen MR) is 89.5 cm³/mol. The highest BCUT2D eigenvalue weighted by Crippen LogP contribution is 2.30. The molecule has 0 saturated heterocycles. The van der Waals surface area contributed by atoms with Gasteiger partial charge in [-0.3, -0.25) is 4.79 Å². The predicted octanol–water partition coefficient (Wildman–Crippen LogP) is 2.30. The molecule has 0 fully saturated rings. The summed E-state index contributed by atoms with van der Waals surface area (Å²) >= 11 is 0. The van der Waals surface area contributed by atoms with Crippen LogP contribution in [0.25, 0.3) is 16.6 Å². The minimum Gasteiger partial charge on any atom is -0.506 e. The first kappa shape index (κ1) is 18.8. The zero-order chi connectivity index (χ0) is 20.0. The van der Waals surface area contributed by atoms with Crippen molar-refractivity contribution < 1.29 is 26.7 Å². The van der Waals surface area contributed by atoms with E-state index >= 15 is 0 Å². The summed E-state index contributed by atoms with van der Waals surface area (Å²) in [5, 5.41) is 13.2. The van der Waals surface area contributed by atoms with Crippen LogP contribution in [0.2, 0.25) is 0 Å². The van der Waals surface area contributed by atoms with Gasteiger partial charge in [-0.2, -0.15) is 23.0 Å². The molecule has 0 unspecified atom stereocenters. The van der Waals surface area contributed by atoms with Crippen molar-refractivity contribution in [2.75, 3.05) is 5.75 Å². The summed E-state index contributed by atoms with van der Waals surface area (Å²) in [6, 6.07) is 3.50. The summed E-state index contributed by atoms with van der Waals surface area (Å²) in [7, 11) is -3.90. The molecule has 0 aliphatic carbocycles. The molecule has 0 aliphatic rings. The van der Waals surface area contributed by atoms with E-state index in [0.29, 0.717) is 10.7 Å². The van der Waals surface area contributed by atoms with Crippen molar-refractivity contribution in [1.29, 1.82) is 0 Å². The fraction of sp³-hybridized carbons (Fsp3) is 0.188. The van der Waals surface area contributed by atoms with Gasteiger partial charge >= 0.3 is 6.18 Å². The number of alkyl halides is 3.